The summed E-state index contributed by atoms with van der Waals surface area (Å²) in [6.45, 7) is 6.48. The van der Waals surface area contributed by atoms with E-state index in [4.69, 9.17) is 9.57 Å². The van der Waals surface area contributed by atoms with Gasteiger partial charge in [-0.05, 0) is 49.1 Å². The highest BCUT2D eigenvalue weighted by Gasteiger charge is 2.17. The lowest BCUT2D eigenvalue weighted by Crippen LogP contribution is -2.29. The Morgan fingerprint density at radius 1 is 1.16 bits per heavy atom. The molecule has 0 atom stereocenters. The number of benzene rings is 2. The second-order valence-electron chi connectivity index (χ2n) is 5.85. The van der Waals surface area contributed by atoms with Crippen LogP contribution in [0.15, 0.2) is 41.6 Å². The van der Waals surface area contributed by atoms with Gasteiger partial charge in [-0.25, -0.2) is 0 Å². The number of rotatable bonds is 6. The van der Waals surface area contributed by atoms with Crippen LogP contribution in [0.3, 0.4) is 0 Å². The Kier molecular flexibility index (Phi) is 6.17. The van der Waals surface area contributed by atoms with Gasteiger partial charge in [0.25, 0.3) is 5.91 Å². The summed E-state index contributed by atoms with van der Waals surface area (Å²) in [6, 6.07) is 11.7. The van der Waals surface area contributed by atoms with Crippen molar-refractivity contribution in [2.24, 2.45) is 5.16 Å². The maximum atomic E-state index is 12.1. The van der Waals surface area contributed by atoms with E-state index in [2.05, 4.69) is 23.5 Å². The van der Waals surface area contributed by atoms with Crippen molar-refractivity contribution in [3.63, 3.8) is 0 Å². The van der Waals surface area contributed by atoms with Gasteiger partial charge >= 0.3 is 0 Å². The van der Waals surface area contributed by atoms with E-state index in [0.29, 0.717) is 12.2 Å². The first-order valence-electron chi connectivity index (χ1n) is 8.10. The van der Waals surface area contributed by atoms with Gasteiger partial charge in [-0.15, -0.1) is 0 Å². The van der Waals surface area contributed by atoms with Crippen molar-refractivity contribution in [3.05, 3.63) is 64.2 Å². The molecule has 1 N–H and O–H groups in total. The first-order valence-corrected chi connectivity index (χ1v) is 8.10. The van der Waals surface area contributed by atoms with Gasteiger partial charge in [0.1, 0.15) is 19.5 Å². The van der Waals surface area contributed by atoms with Crippen molar-refractivity contribution in [2.75, 3.05) is 14.2 Å². The molecule has 0 saturated carbocycles. The Labute approximate surface area is 148 Å². The van der Waals surface area contributed by atoms with Crippen LogP contribution in [0.4, 0.5) is 0 Å². The average Bonchev–Trinajstić information content (AvgIpc) is 2.61. The number of nitrogens with one attached hydrogen (secondary N) is 1. The van der Waals surface area contributed by atoms with Gasteiger partial charge in [0.2, 0.25) is 0 Å². The van der Waals surface area contributed by atoms with Crippen LogP contribution in [0.1, 0.15) is 27.8 Å². The van der Waals surface area contributed by atoms with Crippen LogP contribution < -0.4 is 10.1 Å². The number of ether oxygens (including phenoxy) is 1. The summed E-state index contributed by atoms with van der Waals surface area (Å²) in [4.78, 5) is 16.9. The van der Waals surface area contributed by atoms with E-state index in [1.54, 1.807) is 7.05 Å². The highest BCUT2D eigenvalue weighted by molar-refractivity contribution is 6.45. The summed E-state index contributed by atoms with van der Waals surface area (Å²) in [6.07, 6.45) is 0. The average molecular weight is 340 g/mol. The molecule has 0 fully saturated rings. The largest absolute Gasteiger partial charge is 0.489 e. The Hall–Kier alpha value is -2.82. The topological polar surface area (TPSA) is 59.9 Å². The van der Waals surface area contributed by atoms with Crippen molar-refractivity contribution in [3.8, 4) is 5.75 Å². The van der Waals surface area contributed by atoms with Gasteiger partial charge in [-0.2, -0.15) is 0 Å². The minimum atomic E-state index is -0.308. The van der Waals surface area contributed by atoms with Crippen LogP contribution in [-0.2, 0) is 16.2 Å². The normalized spacial score (nSPS) is 11.2. The molecule has 0 aliphatic carbocycles. The molecule has 2 aromatic carbocycles. The predicted octanol–water partition coefficient (Wildman–Crippen LogP) is 3.29. The number of hydrogen-bond donors (Lipinski definition) is 1. The summed E-state index contributed by atoms with van der Waals surface area (Å²) in [5.74, 6) is 0.536. The first-order chi connectivity index (χ1) is 12.0. The third-order valence-electron chi connectivity index (χ3n) is 4.04. The molecule has 2 rings (SSSR count). The molecule has 5 heteroatoms. The highest BCUT2D eigenvalue weighted by atomic mass is 16.6. The third kappa shape index (κ3) is 4.38. The molecular formula is C20H24N2O3. The van der Waals surface area contributed by atoms with Crippen molar-refractivity contribution in [1.82, 2.24) is 5.32 Å². The van der Waals surface area contributed by atoms with Crippen LogP contribution in [0.2, 0.25) is 0 Å². The van der Waals surface area contributed by atoms with E-state index in [-0.39, 0.29) is 11.6 Å². The summed E-state index contributed by atoms with van der Waals surface area (Å²) in [5, 5.41) is 6.46. The molecule has 0 heterocycles. The van der Waals surface area contributed by atoms with Crippen LogP contribution >= 0.6 is 0 Å². The van der Waals surface area contributed by atoms with Crippen molar-refractivity contribution in [2.45, 2.75) is 27.4 Å². The van der Waals surface area contributed by atoms with Gasteiger partial charge in [-0.3, -0.25) is 4.79 Å². The number of oxime groups is 1. The zero-order chi connectivity index (χ0) is 18.4. The van der Waals surface area contributed by atoms with E-state index in [1.165, 1.54) is 12.7 Å². The number of aryl methyl sites for hydroxylation is 2. The summed E-state index contributed by atoms with van der Waals surface area (Å²) >= 11 is 0. The van der Waals surface area contributed by atoms with Crippen LogP contribution in [-0.4, -0.2) is 25.8 Å². The molecule has 0 unspecified atom stereocenters. The van der Waals surface area contributed by atoms with Gasteiger partial charge in [-0.1, -0.05) is 35.5 Å². The molecule has 0 saturated heterocycles. The summed E-state index contributed by atoms with van der Waals surface area (Å²) < 4.78 is 6.04. The van der Waals surface area contributed by atoms with E-state index < -0.39 is 0 Å². The number of likely N-dealkylation sites (N-methyl/N-ethyl adjacent to an activating group) is 1. The third-order valence-corrected chi connectivity index (χ3v) is 4.04. The SMILES string of the molecule is CNC(=O)/C(=N\OC)c1ccccc1COc1cc(C)cc(C)c1C. The fraction of sp³-hybridized carbons (Fsp3) is 0.300. The van der Waals surface area contributed by atoms with Gasteiger partial charge < -0.3 is 14.9 Å². The van der Waals surface area contributed by atoms with Crippen molar-refractivity contribution < 1.29 is 14.4 Å². The molecule has 2 aromatic rings. The quantitative estimate of drug-likeness (QED) is 0.648. The minimum absolute atomic E-state index is 0.223. The Morgan fingerprint density at radius 2 is 1.88 bits per heavy atom. The number of carbonyl (C=O) groups is 1. The van der Waals surface area contributed by atoms with E-state index in [0.717, 1.165) is 22.4 Å². The number of amides is 1. The lowest BCUT2D eigenvalue weighted by atomic mass is 10.0. The van der Waals surface area contributed by atoms with Crippen molar-refractivity contribution in [1.29, 1.82) is 0 Å². The molecule has 25 heavy (non-hydrogen) atoms. The number of nitrogens with zero attached hydrogens (tertiary/aromatic N) is 1. The molecule has 0 aliphatic rings. The zero-order valence-electron chi connectivity index (χ0n) is 15.3. The number of hydrogen-bond acceptors (Lipinski definition) is 4. The molecule has 132 valence electrons. The molecular weight excluding hydrogens is 316 g/mol. The fourth-order valence-corrected chi connectivity index (χ4v) is 2.61. The Balaban J connectivity index is 2.33. The highest BCUT2D eigenvalue weighted by Crippen LogP contribution is 2.25. The molecule has 1 amide bonds. The summed E-state index contributed by atoms with van der Waals surface area (Å²) in [7, 11) is 2.98. The van der Waals surface area contributed by atoms with Gasteiger partial charge in [0.15, 0.2) is 5.71 Å². The van der Waals surface area contributed by atoms with Crippen LogP contribution in [0, 0.1) is 20.8 Å². The predicted molar refractivity (Wildman–Crippen MR) is 99.0 cm³/mol. The van der Waals surface area contributed by atoms with E-state index >= 15 is 0 Å². The molecule has 0 aliphatic heterocycles. The number of carbonyl (C=O) groups excluding carboxylic acids is 1. The zero-order valence-corrected chi connectivity index (χ0v) is 15.3. The first kappa shape index (κ1) is 18.5. The van der Waals surface area contributed by atoms with Crippen LogP contribution in [0.5, 0.6) is 5.75 Å². The second kappa shape index (κ2) is 8.33. The molecule has 5 nitrogen and oxygen atoms in total. The Bertz CT molecular complexity index is 798. The molecule has 0 radical (unpaired) electrons. The molecule has 0 spiro atoms. The van der Waals surface area contributed by atoms with Gasteiger partial charge in [0, 0.05) is 12.6 Å². The smallest absolute Gasteiger partial charge is 0.273 e. The monoisotopic (exact) mass is 340 g/mol. The van der Waals surface area contributed by atoms with E-state index in [9.17, 15) is 4.79 Å². The molecule has 0 bridgehead atoms. The Morgan fingerprint density at radius 3 is 2.56 bits per heavy atom. The van der Waals surface area contributed by atoms with Crippen LogP contribution in [0.25, 0.3) is 0 Å². The second-order valence-corrected chi connectivity index (χ2v) is 5.85. The van der Waals surface area contributed by atoms with Crippen molar-refractivity contribution >= 4 is 11.6 Å². The lowest BCUT2D eigenvalue weighted by molar-refractivity contribution is -0.114. The summed E-state index contributed by atoms with van der Waals surface area (Å²) in [5.41, 5.74) is 5.22. The maximum absolute atomic E-state index is 12.1. The van der Waals surface area contributed by atoms with E-state index in [1.807, 2.05) is 44.2 Å². The minimum Gasteiger partial charge on any atom is -0.489 e. The lowest BCUT2D eigenvalue weighted by Gasteiger charge is -2.15. The maximum Gasteiger partial charge on any atom is 0.273 e. The van der Waals surface area contributed by atoms with Gasteiger partial charge in [0.05, 0.1) is 0 Å². The fourth-order valence-electron chi connectivity index (χ4n) is 2.61. The standard InChI is InChI=1S/C20H24N2O3/c1-13-10-14(2)15(3)18(11-13)25-12-16-8-6-7-9-17(16)19(22-24-5)20(23)21-4/h6-11H,12H2,1-5H3,(H,21,23)/b22-19-. The molecule has 0 aromatic heterocycles.